The second-order valence-electron chi connectivity index (χ2n) is 10.9. The number of rotatable bonds is 5. The Kier molecular flexibility index (Phi) is 6.88. The van der Waals surface area contributed by atoms with E-state index in [-0.39, 0.29) is 47.0 Å². The van der Waals surface area contributed by atoms with Crippen LogP contribution < -0.4 is 5.32 Å². The maximum atomic E-state index is 13.2. The molecule has 0 aromatic carbocycles. The number of hydrogen-bond donors (Lipinski definition) is 2. The van der Waals surface area contributed by atoms with Gasteiger partial charge in [0.25, 0.3) is 0 Å². The summed E-state index contributed by atoms with van der Waals surface area (Å²) in [7, 11) is 1.65. The molecular formula is C24H40N2O6. The minimum Gasteiger partial charge on any atom is -0.393 e. The van der Waals surface area contributed by atoms with Crippen molar-refractivity contribution < 1.29 is 28.9 Å². The van der Waals surface area contributed by atoms with Crippen LogP contribution in [-0.2, 0) is 23.8 Å². The third kappa shape index (κ3) is 4.31. The summed E-state index contributed by atoms with van der Waals surface area (Å²) >= 11 is 0. The largest absolute Gasteiger partial charge is 0.393 e. The normalized spacial score (nSPS) is 44.0. The summed E-state index contributed by atoms with van der Waals surface area (Å²) in [5.41, 5.74) is -0.279. The Hall–Kier alpha value is -1.22. The molecule has 2 N–H and O–H groups in total. The molecule has 2 saturated carbocycles. The molecule has 8 unspecified atom stereocenters. The van der Waals surface area contributed by atoms with Crippen molar-refractivity contribution >= 4 is 11.8 Å². The van der Waals surface area contributed by atoms with Gasteiger partial charge in [0.1, 0.15) is 0 Å². The summed E-state index contributed by atoms with van der Waals surface area (Å²) in [4.78, 5) is 26.4. The molecule has 32 heavy (non-hydrogen) atoms. The molecule has 8 heteroatoms. The Morgan fingerprint density at radius 2 is 1.97 bits per heavy atom. The molecule has 2 amide bonds. The van der Waals surface area contributed by atoms with Crippen molar-refractivity contribution in [1.29, 1.82) is 0 Å². The van der Waals surface area contributed by atoms with Gasteiger partial charge >= 0.3 is 0 Å². The van der Waals surface area contributed by atoms with E-state index >= 15 is 0 Å². The van der Waals surface area contributed by atoms with Gasteiger partial charge in [-0.1, -0.05) is 13.8 Å². The quantitative estimate of drug-likeness (QED) is 0.659. The van der Waals surface area contributed by atoms with Gasteiger partial charge in [-0.15, -0.1) is 0 Å². The van der Waals surface area contributed by atoms with Gasteiger partial charge in [-0.25, -0.2) is 0 Å². The average molecular weight is 453 g/mol. The second kappa shape index (κ2) is 9.20. The topological polar surface area (TPSA) is 97.3 Å². The number of fused-ring (bicyclic) bond motifs is 3. The summed E-state index contributed by atoms with van der Waals surface area (Å²) in [6, 6.07) is 0.0296. The van der Waals surface area contributed by atoms with E-state index in [1.165, 1.54) is 6.92 Å². The fourth-order valence-electron chi connectivity index (χ4n) is 7.22. The van der Waals surface area contributed by atoms with Crippen LogP contribution in [0.1, 0.15) is 59.3 Å². The van der Waals surface area contributed by atoms with Gasteiger partial charge in [-0.2, -0.15) is 0 Å². The third-order valence-corrected chi connectivity index (χ3v) is 8.88. The van der Waals surface area contributed by atoms with Crippen molar-refractivity contribution in [3.8, 4) is 0 Å². The van der Waals surface area contributed by atoms with Crippen LogP contribution in [0.15, 0.2) is 0 Å². The van der Waals surface area contributed by atoms with Crippen molar-refractivity contribution in [2.24, 2.45) is 22.7 Å². The van der Waals surface area contributed by atoms with Gasteiger partial charge in [0.15, 0.2) is 6.29 Å². The van der Waals surface area contributed by atoms with Crippen LogP contribution in [0.2, 0.25) is 0 Å². The molecule has 182 valence electrons. The maximum absolute atomic E-state index is 13.2. The van der Waals surface area contributed by atoms with Gasteiger partial charge in [-0.05, 0) is 49.4 Å². The zero-order chi connectivity index (χ0) is 23.1. The van der Waals surface area contributed by atoms with E-state index in [0.29, 0.717) is 45.1 Å². The van der Waals surface area contributed by atoms with Gasteiger partial charge in [0.05, 0.1) is 25.4 Å². The minimum absolute atomic E-state index is 0.0296. The predicted octanol–water partition coefficient (Wildman–Crippen LogP) is 1.69. The van der Waals surface area contributed by atoms with E-state index in [1.54, 1.807) is 7.11 Å². The van der Waals surface area contributed by atoms with Crippen LogP contribution in [0.25, 0.3) is 0 Å². The van der Waals surface area contributed by atoms with E-state index in [9.17, 15) is 14.7 Å². The molecule has 2 saturated heterocycles. The number of carbonyl (C=O) groups excluding carboxylic acids is 2. The van der Waals surface area contributed by atoms with Crippen LogP contribution >= 0.6 is 0 Å². The van der Waals surface area contributed by atoms with E-state index in [2.05, 4.69) is 19.2 Å². The highest BCUT2D eigenvalue weighted by Crippen LogP contribution is 2.62. The molecule has 8 atom stereocenters. The summed E-state index contributed by atoms with van der Waals surface area (Å²) in [5, 5.41) is 13.9. The van der Waals surface area contributed by atoms with Crippen LogP contribution in [0, 0.1) is 22.7 Å². The van der Waals surface area contributed by atoms with Crippen LogP contribution in [-0.4, -0.2) is 79.8 Å². The number of aliphatic hydroxyl groups is 1. The summed E-state index contributed by atoms with van der Waals surface area (Å²) in [6.07, 6.45) is 3.92. The van der Waals surface area contributed by atoms with Crippen LogP contribution in [0.3, 0.4) is 0 Å². The van der Waals surface area contributed by atoms with Gasteiger partial charge < -0.3 is 29.5 Å². The molecule has 4 rings (SSSR count). The van der Waals surface area contributed by atoms with Gasteiger partial charge in [0, 0.05) is 45.0 Å². The smallest absolute Gasteiger partial charge is 0.223 e. The Morgan fingerprint density at radius 1 is 1.19 bits per heavy atom. The van der Waals surface area contributed by atoms with E-state index < -0.39 is 6.10 Å². The first-order chi connectivity index (χ1) is 15.2. The molecule has 2 heterocycles. The number of nitrogens with zero attached hydrogens (tertiary/aromatic N) is 1. The molecule has 0 radical (unpaired) electrons. The molecule has 2 aliphatic heterocycles. The first-order valence-electron chi connectivity index (χ1n) is 12.2. The summed E-state index contributed by atoms with van der Waals surface area (Å²) in [6.45, 7) is 8.31. The maximum Gasteiger partial charge on any atom is 0.223 e. The third-order valence-electron chi connectivity index (χ3n) is 8.88. The zero-order valence-electron chi connectivity index (χ0n) is 20.0. The van der Waals surface area contributed by atoms with Crippen molar-refractivity contribution in [3.63, 3.8) is 0 Å². The number of carbonyl (C=O) groups is 2. The second-order valence-corrected chi connectivity index (χ2v) is 10.9. The van der Waals surface area contributed by atoms with Crippen molar-refractivity contribution in [2.75, 3.05) is 33.4 Å². The highest BCUT2D eigenvalue weighted by atomic mass is 16.7. The van der Waals surface area contributed by atoms with Gasteiger partial charge in [0.2, 0.25) is 11.8 Å². The molecule has 8 nitrogen and oxygen atoms in total. The van der Waals surface area contributed by atoms with E-state index in [1.807, 2.05) is 4.90 Å². The highest BCUT2D eigenvalue weighted by Gasteiger charge is 2.61. The lowest BCUT2D eigenvalue weighted by molar-refractivity contribution is -0.316. The molecular weight excluding hydrogens is 412 g/mol. The minimum atomic E-state index is -0.472. The monoisotopic (exact) mass is 452 g/mol. The lowest BCUT2D eigenvalue weighted by Crippen LogP contribution is -2.63. The van der Waals surface area contributed by atoms with Crippen molar-refractivity contribution in [2.45, 2.75) is 83.8 Å². The SMILES string of the molecule is COCC1OCC2(C)C(CCC3(C)C(CC(=O)N4CCC(NC(C)=O)C4)C(O)CCC23)O1. The first-order valence-corrected chi connectivity index (χ1v) is 12.2. The Morgan fingerprint density at radius 3 is 2.69 bits per heavy atom. The number of methoxy groups -OCH3 is 1. The highest BCUT2D eigenvalue weighted by molar-refractivity contribution is 5.77. The fourth-order valence-corrected chi connectivity index (χ4v) is 7.22. The Labute approximate surface area is 191 Å². The summed E-state index contributed by atoms with van der Waals surface area (Å²) in [5.74, 6) is 0.275. The van der Waals surface area contributed by atoms with Crippen LogP contribution in [0.4, 0.5) is 0 Å². The van der Waals surface area contributed by atoms with Crippen LogP contribution in [0.5, 0.6) is 0 Å². The Balaban J connectivity index is 1.46. The predicted molar refractivity (Wildman–Crippen MR) is 118 cm³/mol. The first kappa shape index (κ1) is 23.9. The number of likely N-dealkylation sites (tertiary alicyclic amines) is 1. The number of aliphatic hydroxyl groups excluding tert-OH is 1. The standard InChI is InChI=1S/C24H40N2O6/c1-15(27)25-16-8-10-26(12-16)21(29)11-17-18(28)5-6-19-23(17,2)9-7-20-24(19,3)14-31-22(32-20)13-30-4/h16-20,22,28H,5-14H2,1-4H3,(H,25,27). The van der Waals surface area contributed by atoms with Crippen molar-refractivity contribution in [1.82, 2.24) is 10.2 Å². The molecule has 0 aromatic rings. The molecule has 0 spiro atoms. The molecule has 4 aliphatic rings. The zero-order valence-corrected chi connectivity index (χ0v) is 20.0. The lowest BCUT2D eigenvalue weighted by atomic mass is 9.46. The van der Waals surface area contributed by atoms with E-state index in [4.69, 9.17) is 14.2 Å². The molecule has 0 aromatic heterocycles. The number of ether oxygens (including phenoxy) is 3. The number of amides is 2. The fraction of sp³-hybridized carbons (Fsp3) is 0.917. The van der Waals surface area contributed by atoms with Crippen molar-refractivity contribution in [3.05, 3.63) is 0 Å². The Bertz CT molecular complexity index is 719. The molecule has 0 bridgehead atoms. The number of nitrogens with one attached hydrogen (secondary N) is 1. The van der Waals surface area contributed by atoms with Gasteiger partial charge in [-0.3, -0.25) is 9.59 Å². The molecule has 2 aliphatic carbocycles. The lowest BCUT2D eigenvalue weighted by Gasteiger charge is -2.63. The molecule has 4 fully saturated rings. The van der Waals surface area contributed by atoms with E-state index in [0.717, 1.165) is 25.7 Å². The average Bonchev–Trinajstić information content (AvgIpc) is 3.19. The number of hydrogen-bond acceptors (Lipinski definition) is 6. The summed E-state index contributed by atoms with van der Waals surface area (Å²) < 4.78 is 17.5.